The molecule has 0 radical (unpaired) electrons. The van der Waals surface area contributed by atoms with Crippen LogP contribution in [-0.2, 0) is 26.0 Å². The van der Waals surface area contributed by atoms with Gasteiger partial charge in [-0.25, -0.2) is 8.42 Å². The van der Waals surface area contributed by atoms with E-state index in [2.05, 4.69) is 5.32 Å². The minimum absolute atomic E-state index is 0.0536. The number of nitrogens with zero attached hydrogens (tertiary/aromatic N) is 2. The summed E-state index contributed by atoms with van der Waals surface area (Å²) in [4.78, 5) is 26.1. The van der Waals surface area contributed by atoms with Crippen molar-refractivity contribution in [1.82, 2.24) is 9.21 Å². The summed E-state index contributed by atoms with van der Waals surface area (Å²) in [5.41, 5.74) is 1.19. The molecule has 8 nitrogen and oxygen atoms in total. The minimum atomic E-state index is -3.77. The molecule has 1 fully saturated rings. The van der Waals surface area contributed by atoms with Crippen molar-refractivity contribution in [2.24, 2.45) is 0 Å². The molecule has 0 spiro atoms. The van der Waals surface area contributed by atoms with Gasteiger partial charge in [0, 0.05) is 31.2 Å². The summed E-state index contributed by atoms with van der Waals surface area (Å²) in [6.07, 6.45) is -0.388. The highest BCUT2D eigenvalue weighted by Gasteiger charge is 2.32. The molecule has 0 unspecified atom stereocenters. The molecule has 2 aromatic rings. The lowest BCUT2D eigenvalue weighted by Gasteiger charge is -2.34. The highest BCUT2D eigenvalue weighted by Crippen LogP contribution is 2.33. The van der Waals surface area contributed by atoms with Crippen LogP contribution in [0, 0.1) is 0 Å². The molecule has 2 amide bonds. The Morgan fingerprint density at radius 1 is 1.13 bits per heavy atom. The monoisotopic (exact) mass is 463 g/mol. The molecular formula is C21H22ClN3O5S. The van der Waals surface area contributed by atoms with Gasteiger partial charge < -0.3 is 15.0 Å². The number of ether oxygens (including phenoxy) is 1. The van der Waals surface area contributed by atoms with Crippen LogP contribution in [0.3, 0.4) is 0 Å². The predicted octanol–water partition coefficient (Wildman–Crippen LogP) is 2.13. The molecule has 0 aliphatic carbocycles. The van der Waals surface area contributed by atoms with Gasteiger partial charge in [-0.1, -0.05) is 23.7 Å². The van der Waals surface area contributed by atoms with E-state index in [-0.39, 0.29) is 36.2 Å². The molecule has 1 saturated heterocycles. The van der Waals surface area contributed by atoms with Gasteiger partial charge in [-0.15, -0.1) is 0 Å². The lowest BCUT2D eigenvalue weighted by atomic mass is 10.1. The number of hydrogen-bond acceptors (Lipinski definition) is 5. The zero-order valence-corrected chi connectivity index (χ0v) is 18.4. The topological polar surface area (TPSA) is 96.0 Å². The molecule has 1 atom stereocenters. The van der Waals surface area contributed by atoms with Crippen molar-refractivity contribution >= 4 is 39.1 Å². The first-order valence-electron chi connectivity index (χ1n) is 9.88. The molecule has 31 heavy (non-hydrogen) atoms. The summed E-state index contributed by atoms with van der Waals surface area (Å²) in [7, 11) is -3.77. The van der Waals surface area contributed by atoms with Gasteiger partial charge in [-0.2, -0.15) is 4.31 Å². The van der Waals surface area contributed by atoms with E-state index in [1.165, 1.54) is 16.4 Å². The van der Waals surface area contributed by atoms with Crippen LogP contribution in [0.25, 0.3) is 0 Å². The molecule has 2 heterocycles. The number of sulfonamides is 1. The lowest BCUT2D eigenvalue weighted by molar-refractivity contribution is -0.131. The van der Waals surface area contributed by atoms with Crippen molar-refractivity contribution in [3.05, 3.63) is 53.1 Å². The molecule has 1 N–H and O–H groups in total. The highest BCUT2D eigenvalue weighted by atomic mass is 35.5. The SMILES string of the molecule is C[C@H]1Oc2ccc(S(=O)(=O)N3CCN(C(=O)Cc4ccc(Cl)cc4)CC3)cc2NC1=O. The first kappa shape index (κ1) is 21.6. The molecule has 164 valence electrons. The first-order valence-corrected chi connectivity index (χ1v) is 11.7. The summed E-state index contributed by atoms with van der Waals surface area (Å²) in [6, 6.07) is 11.5. The Morgan fingerprint density at radius 2 is 1.81 bits per heavy atom. The number of anilines is 1. The van der Waals surface area contributed by atoms with Gasteiger partial charge in [0.1, 0.15) is 5.75 Å². The lowest BCUT2D eigenvalue weighted by Crippen LogP contribution is -2.50. The molecule has 10 heteroatoms. The molecule has 0 bridgehead atoms. The number of hydrogen-bond donors (Lipinski definition) is 1. The van der Waals surface area contributed by atoms with E-state index in [0.717, 1.165) is 5.56 Å². The number of rotatable bonds is 4. The quantitative estimate of drug-likeness (QED) is 0.749. The van der Waals surface area contributed by atoms with Crippen LogP contribution in [0.2, 0.25) is 5.02 Å². The Labute approximate surface area is 185 Å². The van der Waals surface area contributed by atoms with E-state index in [1.54, 1.807) is 42.2 Å². The smallest absolute Gasteiger partial charge is 0.265 e. The van der Waals surface area contributed by atoms with Crippen LogP contribution in [0.15, 0.2) is 47.4 Å². The van der Waals surface area contributed by atoms with Crippen LogP contribution in [0.4, 0.5) is 5.69 Å². The van der Waals surface area contributed by atoms with Crippen molar-refractivity contribution in [3.63, 3.8) is 0 Å². The van der Waals surface area contributed by atoms with Gasteiger partial charge in [-0.05, 0) is 42.8 Å². The Balaban J connectivity index is 1.41. The summed E-state index contributed by atoms with van der Waals surface area (Å²) < 4.78 is 33.0. The molecule has 4 rings (SSSR count). The van der Waals surface area contributed by atoms with Gasteiger partial charge >= 0.3 is 0 Å². The maximum atomic E-state index is 13.1. The fraction of sp³-hybridized carbons (Fsp3) is 0.333. The fourth-order valence-electron chi connectivity index (χ4n) is 3.56. The molecular weight excluding hydrogens is 442 g/mol. The number of carbonyl (C=O) groups excluding carboxylic acids is 2. The maximum Gasteiger partial charge on any atom is 0.265 e. The predicted molar refractivity (Wildman–Crippen MR) is 116 cm³/mol. The third kappa shape index (κ3) is 4.53. The number of benzene rings is 2. The van der Waals surface area contributed by atoms with Crippen LogP contribution in [0.1, 0.15) is 12.5 Å². The van der Waals surface area contributed by atoms with Crippen LogP contribution >= 0.6 is 11.6 Å². The minimum Gasteiger partial charge on any atom is -0.479 e. The zero-order valence-electron chi connectivity index (χ0n) is 16.9. The largest absolute Gasteiger partial charge is 0.479 e. The second-order valence-electron chi connectivity index (χ2n) is 7.50. The third-order valence-electron chi connectivity index (χ3n) is 5.38. The first-order chi connectivity index (χ1) is 14.7. The Bertz CT molecular complexity index is 1110. The number of fused-ring (bicyclic) bond motifs is 1. The van der Waals surface area contributed by atoms with Gasteiger partial charge in [0.25, 0.3) is 5.91 Å². The molecule has 2 aromatic carbocycles. The number of piperazine rings is 1. The van der Waals surface area contributed by atoms with Gasteiger partial charge in [0.15, 0.2) is 6.10 Å². The summed E-state index contributed by atoms with van der Waals surface area (Å²) in [6.45, 7) is 2.65. The second-order valence-corrected chi connectivity index (χ2v) is 9.87. The van der Waals surface area contributed by atoms with Crippen LogP contribution in [0.5, 0.6) is 5.75 Å². The van der Waals surface area contributed by atoms with Crippen molar-refractivity contribution in [1.29, 1.82) is 0 Å². The van der Waals surface area contributed by atoms with E-state index in [0.29, 0.717) is 29.5 Å². The molecule has 0 aromatic heterocycles. The van der Waals surface area contributed by atoms with Crippen molar-refractivity contribution in [2.75, 3.05) is 31.5 Å². The van der Waals surface area contributed by atoms with E-state index in [4.69, 9.17) is 16.3 Å². The maximum absolute atomic E-state index is 13.1. The van der Waals surface area contributed by atoms with E-state index < -0.39 is 16.1 Å². The van der Waals surface area contributed by atoms with Crippen molar-refractivity contribution in [3.8, 4) is 5.75 Å². The number of carbonyl (C=O) groups is 2. The van der Waals surface area contributed by atoms with Crippen LogP contribution in [-0.4, -0.2) is 61.7 Å². The summed E-state index contributed by atoms with van der Waals surface area (Å²) in [5.74, 6) is 0.0562. The van der Waals surface area contributed by atoms with Crippen molar-refractivity contribution in [2.45, 2.75) is 24.3 Å². The third-order valence-corrected chi connectivity index (χ3v) is 7.53. The summed E-state index contributed by atoms with van der Waals surface area (Å²) >= 11 is 5.87. The van der Waals surface area contributed by atoms with E-state index in [1.807, 2.05) is 0 Å². The van der Waals surface area contributed by atoms with Crippen molar-refractivity contribution < 1.29 is 22.7 Å². The Morgan fingerprint density at radius 3 is 2.48 bits per heavy atom. The highest BCUT2D eigenvalue weighted by molar-refractivity contribution is 7.89. The average Bonchev–Trinajstić information content (AvgIpc) is 2.76. The Kier molecular flexibility index (Phi) is 5.92. The van der Waals surface area contributed by atoms with Crippen LogP contribution < -0.4 is 10.1 Å². The molecule has 0 saturated carbocycles. The van der Waals surface area contributed by atoms with Gasteiger partial charge in [-0.3, -0.25) is 9.59 Å². The Hall–Kier alpha value is -2.62. The van der Waals surface area contributed by atoms with Gasteiger partial charge in [0.2, 0.25) is 15.9 Å². The van der Waals surface area contributed by atoms with E-state index >= 15 is 0 Å². The second kappa shape index (κ2) is 8.49. The number of amides is 2. The fourth-order valence-corrected chi connectivity index (χ4v) is 5.14. The van der Waals surface area contributed by atoms with E-state index in [9.17, 15) is 18.0 Å². The standard InChI is InChI=1S/C21H22ClN3O5S/c1-14-21(27)23-18-13-17(6-7-19(18)30-14)31(28,29)25-10-8-24(9-11-25)20(26)12-15-2-4-16(22)5-3-15/h2-7,13-14H,8-12H2,1H3,(H,23,27)/t14-/m1/s1. The normalized spacial score (nSPS) is 19.4. The zero-order chi connectivity index (χ0) is 22.2. The van der Waals surface area contributed by atoms with Gasteiger partial charge in [0.05, 0.1) is 17.0 Å². The number of nitrogens with one attached hydrogen (secondary N) is 1. The molecule has 2 aliphatic rings. The summed E-state index contributed by atoms with van der Waals surface area (Å²) in [5, 5.41) is 3.27. The number of halogens is 1. The molecule has 2 aliphatic heterocycles. The average molecular weight is 464 g/mol.